The fourth-order valence-electron chi connectivity index (χ4n) is 3.98. The Morgan fingerprint density at radius 2 is 2.03 bits per heavy atom. The van der Waals surface area contributed by atoms with Gasteiger partial charge in [0.25, 0.3) is 0 Å². The quantitative estimate of drug-likeness (QED) is 0.641. The van der Waals surface area contributed by atoms with Gasteiger partial charge in [0.1, 0.15) is 5.75 Å². The first-order chi connectivity index (χ1) is 14.7. The van der Waals surface area contributed by atoms with E-state index in [-0.39, 0.29) is 12.1 Å². The molecule has 2 aliphatic rings. The van der Waals surface area contributed by atoms with Gasteiger partial charge < -0.3 is 9.47 Å². The van der Waals surface area contributed by atoms with Gasteiger partial charge in [-0.05, 0) is 44.7 Å². The largest absolute Gasteiger partial charge is 0.452 e. The van der Waals surface area contributed by atoms with Crippen LogP contribution in [0, 0.1) is 0 Å². The van der Waals surface area contributed by atoms with Gasteiger partial charge in [0.2, 0.25) is 5.88 Å². The van der Waals surface area contributed by atoms with E-state index in [9.17, 15) is 4.79 Å². The Morgan fingerprint density at radius 1 is 1.17 bits per heavy atom. The van der Waals surface area contributed by atoms with Crippen molar-refractivity contribution >= 4 is 11.8 Å². The lowest BCUT2D eigenvalue weighted by Crippen LogP contribution is -2.42. The first-order valence-corrected chi connectivity index (χ1v) is 10.2. The van der Waals surface area contributed by atoms with Gasteiger partial charge in [-0.2, -0.15) is 5.10 Å². The molecule has 1 unspecified atom stereocenters. The molecule has 1 fully saturated rings. The van der Waals surface area contributed by atoms with Gasteiger partial charge in [0.15, 0.2) is 0 Å². The summed E-state index contributed by atoms with van der Waals surface area (Å²) in [4.78, 5) is 22.6. The highest BCUT2D eigenvalue weighted by Crippen LogP contribution is 2.45. The van der Waals surface area contributed by atoms with Gasteiger partial charge in [0.05, 0.1) is 31.2 Å². The molecule has 1 atom stereocenters. The summed E-state index contributed by atoms with van der Waals surface area (Å²) in [7, 11) is 1.40. The van der Waals surface area contributed by atoms with E-state index in [1.807, 2.05) is 29.9 Å². The molecule has 8 heteroatoms. The van der Waals surface area contributed by atoms with E-state index in [0.29, 0.717) is 17.7 Å². The molecule has 1 aliphatic heterocycles. The Balaban J connectivity index is 1.64. The lowest BCUT2D eigenvalue weighted by Gasteiger charge is -2.35. The van der Waals surface area contributed by atoms with E-state index in [0.717, 1.165) is 35.2 Å². The number of amides is 1. The number of hydrogen-bond acceptors (Lipinski definition) is 6. The first-order valence-electron chi connectivity index (χ1n) is 10.2. The van der Waals surface area contributed by atoms with Crippen molar-refractivity contribution in [2.75, 3.05) is 12.0 Å². The van der Waals surface area contributed by atoms with Gasteiger partial charge >= 0.3 is 6.09 Å². The summed E-state index contributed by atoms with van der Waals surface area (Å²) < 4.78 is 13.3. The van der Waals surface area contributed by atoms with E-state index in [4.69, 9.17) is 9.47 Å². The lowest BCUT2D eigenvalue weighted by atomic mass is 9.92. The molecule has 1 saturated carbocycles. The highest BCUT2D eigenvalue weighted by Gasteiger charge is 2.33. The minimum atomic E-state index is -0.372. The molecular weight excluding hydrogens is 382 g/mol. The predicted octanol–water partition coefficient (Wildman–Crippen LogP) is 4.37. The average Bonchev–Trinajstić information content (AvgIpc) is 3.51. The number of ether oxygens (including phenoxy) is 2. The van der Waals surface area contributed by atoms with Gasteiger partial charge in [-0.3, -0.25) is 14.6 Å². The summed E-state index contributed by atoms with van der Waals surface area (Å²) in [5, 5.41) is 4.53. The topological polar surface area (TPSA) is 82.4 Å². The third-order valence-electron chi connectivity index (χ3n) is 5.70. The second-order valence-electron chi connectivity index (χ2n) is 7.75. The van der Waals surface area contributed by atoms with Crippen molar-refractivity contribution in [1.82, 2.24) is 19.7 Å². The molecule has 8 nitrogen and oxygen atoms in total. The summed E-state index contributed by atoms with van der Waals surface area (Å²) in [5.74, 6) is 1.09. The van der Waals surface area contributed by atoms with Crippen molar-refractivity contribution < 1.29 is 14.3 Å². The molecule has 0 N–H and O–H groups in total. The maximum atomic E-state index is 12.5. The van der Waals surface area contributed by atoms with E-state index in [1.54, 1.807) is 23.5 Å². The molecule has 0 spiro atoms. The first kappa shape index (κ1) is 18.6. The molecule has 2 aromatic heterocycles. The number of methoxy groups -OCH3 is 1. The van der Waals surface area contributed by atoms with Gasteiger partial charge in [-0.1, -0.05) is 0 Å². The lowest BCUT2D eigenvalue weighted by molar-refractivity contribution is 0.175. The van der Waals surface area contributed by atoms with Crippen LogP contribution < -0.4 is 9.64 Å². The van der Waals surface area contributed by atoms with E-state index in [2.05, 4.69) is 21.3 Å². The van der Waals surface area contributed by atoms with Crippen molar-refractivity contribution in [1.29, 1.82) is 0 Å². The number of fused-ring (bicyclic) bond motifs is 1. The molecule has 5 rings (SSSR count). The molecule has 0 bridgehead atoms. The fraction of sp³-hybridized carbons (Fsp3) is 0.364. The van der Waals surface area contributed by atoms with Crippen LogP contribution in [0.2, 0.25) is 0 Å². The normalized spacial score (nSPS) is 18.1. The minimum Gasteiger partial charge on any atom is -0.452 e. The highest BCUT2D eigenvalue weighted by atomic mass is 16.5. The third kappa shape index (κ3) is 3.28. The average molecular weight is 405 g/mol. The molecule has 0 saturated heterocycles. The monoisotopic (exact) mass is 405 g/mol. The molecule has 3 aromatic rings. The van der Waals surface area contributed by atoms with Gasteiger partial charge in [-0.25, -0.2) is 9.78 Å². The van der Waals surface area contributed by atoms with Crippen LogP contribution in [-0.4, -0.2) is 39.0 Å². The van der Waals surface area contributed by atoms with E-state index >= 15 is 0 Å². The minimum absolute atomic E-state index is 0.0396. The van der Waals surface area contributed by atoms with Crippen molar-refractivity contribution in [3.8, 4) is 22.8 Å². The fourth-order valence-corrected chi connectivity index (χ4v) is 3.98. The zero-order valence-corrected chi connectivity index (χ0v) is 17.0. The van der Waals surface area contributed by atoms with Crippen molar-refractivity contribution in [2.45, 2.75) is 44.7 Å². The number of carbonyl (C=O) groups excluding carboxylic acids is 1. The van der Waals surface area contributed by atoms with Crippen LogP contribution in [0.15, 0.2) is 43.1 Å². The van der Waals surface area contributed by atoms with E-state index < -0.39 is 0 Å². The van der Waals surface area contributed by atoms with Crippen LogP contribution in [0.1, 0.15) is 37.8 Å². The summed E-state index contributed by atoms with van der Waals surface area (Å²) in [6, 6.07) is 4.48. The summed E-state index contributed by atoms with van der Waals surface area (Å²) in [5.41, 5.74) is 3.66. The number of anilines is 1. The molecule has 30 heavy (non-hydrogen) atoms. The zero-order chi connectivity index (χ0) is 20.7. The van der Waals surface area contributed by atoms with Gasteiger partial charge in [-0.15, -0.1) is 0 Å². The van der Waals surface area contributed by atoms with Gasteiger partial charge in [0, 0.05) is 41.3 Å². The second kappa shape index (κ2) is 7.44. The van der Waals surface area contributed by atoms with Crippen LogP contribution in [0.3, 0.4) is 0 Å². The number of nitrogens with zero attached hydrogens (tertiary/aromatic N) is 5. The Bertz CT molecular complexity index is 1080. The summed E-state index contributed by atoms with van der Waals surface area (Å²) in [6.45, 7) is 2.02. The molecule has 154 valence electrons. The Labute approximate surface area is 174 Å². The molecule has 1 aliphatic carbocycles. The SMILES string of the molecule is COC(=O)N1c2ccc(-c3cnn(C4CC4)c3)c(Oc3cnccn3)c2CCC1C. The molecule has 1 amide bonds. The zero-order valence-electron chi connectivity index (χ0n) is 17.0. The summed E-state index contributed by atoms with van der Waals surface area (Å²) in [6.07, 6.45) is 12.3. The van der Waals surface area contributed by atoms with Crippen LogP contribution >= 0.6 is 0 Å². The standard InChI is InChI=1S/C22H23N5O3/c1-14-3-6-18-19(27(14)22(28)29-2)8-7-17(15-11-25-26(13-15)16-4-5-16)21(18)30-20-12-23-9-10-24-20/h7-14,16H,3-6H2,1-2H3. The highest BCUT2D eigenvalue weighted by molar-refractivity contribution is 5.92. The van der Waals surface area contributed by atoms with Crippen LogP contribution in [0.25, 0.3) is 11.1 Å². The van der Waals surface area contributed by atoms with Crippen molar-refractivity contribution in [3.05, 3.63) is 48.7 Å². The Hall–Kier alpha value is -3.42. The van der Waals surface area contributed by atoms with Crippen LogP contribution in [0.5, 0.6) is 11.6 Å². The number of aromatic nitrogens is 4. The summed E-state index contributed by atoms with van der Waals surface area (Å²) >= 11 is 0. The van der Waals surface area contributed by atoms with Crippen LogP contribution in [0.4, 0.5) is 10.5 Å². The Morgan fingerprint density at radius 3 is 2.77 bits per heavy atom. The van der Waals surface area contributed by atoms with Crippen molar-refractivity contribution in [3.63, 3.8) is 0 Å². The number of rotatable bonds is 4. The predicted molar refractivity (Wildman–Crippen MR) is 111 cm³/mol. The van der Waals surface area contributed by atoms with Crippen LogP contribution in [-0.2, 0) is 11.2 Å². The molecule has 3 heterocycles. The second-order valence-corrected chi connectivity index (χ2v) is 7.75. The smallest absolute Gasteiger partial charge is 0.414 e. The van der Waals surface area contributed by atoms with Crippen molar-refractivity contribution in [2.24, 2.45) is 0 Å². The third-order valence-corrected chi connectivity index (χ3v) is 5.70. The number of benzene rings is 1. The molecule has 1 aromatic carbocycles. The maximum Gasteiger partial charge on any atom is 0.414 e. The molecular formula is C22H23N5O3. The maximum absolute atomic E-state index is 12.5. The number of hydrogen-bond donors (Lipinski definition) is 0. The molecule has 0 radical (unpaired) electrons. The number of carbonyl (C=O) groups is 1. The Kier molecular flexibility index (Phi) is 4.61. The van der Waals surface area contributed by atoms with E-state index in [1.165, 1.54) is 20.0 Å².